The van der Waals surface area contributed by atoms with Crippen LogP contribution in [0.3, 0.4) is 0 Å². The SMILES string of the molecule is O=C(Nc1ccc2c(c1)OCc1cnccc1-2)c1csc(-c2ccncc2)n1. The molecule has 4 heterocycles. The predicted molar refractivity (Wildman–Crippen MR) is 107 cm³/mol. The number of carbonyl (C=O) groups is 1. The first kappa shape index (κ1) is 16.6. The average molecular weight is 386 g/mol. The molecule has 1 aliphatic heterocycles. The largest absolute Gasteiger partial charge is 0.488 e. The molecule has 0 atom stereocenters. The second-order valence-corrected chi connectivity index (χ2v) is 7.12. The van der Waals surface area contributed by atoms with Crippen LogP contribution in [0, 0.1) is 0 Å². The molecule has 0 aliphatic carbocycles. The van der Waals surface area contributed by atoms with Crippen LogP contribution in [0.5, 0.6) is 5.75 Å². The summed E-state index contributed by atoms with van der Waals surface area (Å²) in [4.78, 5) is 25.2. The van der Waals surface area contributed by atoms with Gasteiger partial charge in [-0.05, 0) is 35.9 Å². The topological polar surface area (TPSA) is 77.0 Å². The minimum atomic E-state index is -0.253. The van der Waals surface area contributed by atoms with Gasteiger partial charge in [-0.3, -0.25) is 14.8 Å². The highest BCUT2D eigenvalue weighted by molar-refractivity contribution is 7.13. The molecule has 4 aromatic rings. The summed E-state index contributed by atoms with van der Waals surface area (Å²) in [6.45, 7) is 0.467. The smallest absolute Gasteiger partial charge is 0.275 e. The van der Waals surface area contributed by atoms with Crippen molar-refractivity contribution in [3.05, 3.63) is 77.8 Å². The number of benzene rings is 1. The van der Waals surface area contributed by atoms with Gasteiger partial charge in [0.05, 0.1) is 0 Å². The number of thiazole rings is 1. The van der Waals surface area contributed by atoms with Crippen molar-refractivity contribution in [2.24, 2.45) is 0 Å². The van der Waals surface area contributed by atoms with E-state index in [1.165, 1.54) is 11.3 Å². The molecule has 1 aromatic carbocycles. The van der Waals surface area contributed by atoms with Crippen LogP contribution in [0.25, 0.3) is 21.7 Å². The number of amides is 1. The van der Waals surface area contributed by atoms with Crippen molar-refractivity contribution in [2.75, 3.05) is 5.32 Å². The quantitative estimate of drug-likeness (QED) is 0.564. The van der Waals surface area contributed by atoms with Crippen molar-refractivity contribution in [3.8, 4) is 27.4 Å². The Morgan fingerprint density at radius 2 is 1.89 bits per heavy atom. The summed E-state index contributed by atoms with van der Waals surface area (Å²) in [5.41, 5.74) is 5.14. The number of hydrogen-bond acceptors (Lipinski definition) is 6. The molecule has 0 radical (unpaired) electrons. The van der Waals surface area contributed by atoms with Gasteiger partial charge in [-0.15, -0.1) is 11.3 Å². The molecule has 7 heteroatoms. The first-order valence-electron chi connectivity index (χ1n) is 8.65. The second kappa shape index (κ2) is 6.86. The standard InChI is InChI=1S/C21H14N4O2S/c26-20(18-12-28-21(25-18)13-3-6-22-7-4-13)24-15-1-2-17-16-5-8-23-10-14(16)11-27-19(17)9-15/h1-10,12H,11H2,(H,24,26). The van der Waals surface area contributed by atoms with Gasteiger partial charge in [-0.2, -0.15) is 0 Å². The van der Waals surface area contributed by atoms with Gasteiger partial charge in [0.25, 0.3) is 5.91 Å². The van der Waals surface area contributed by atoms with E-state index < -0.39 is 0 Å². The summed E-state index contributed by atoms with van der Waals surface area (Å²) in [6.07, 6.45) is 7.00. The van der Waals surface area contributed by atoms with Crippen LogP contribution >= 0.6 is 11.3 Å². The van der Waals surface area contributed by atoms with Crippen LogP contribution in [0.1, 0.15) is 16.1 Å². The van der Waals surface area contributed by atoms with Gasteiger partial charge < -0.3 is 10.1 Å². The maximum atomic E-state index is 12.6. The van der Waals surface area contributed by atoms with E-state index >= 15 is 0 Å². The zero-order valence-corrected chi connectivity index (χ0v) is 15.4. The molecule has 0 saturated heterocycles. The van der Waals surface area contributed by atoms with E-state index in [4.69, 9.17) is 4.74 Å². The number of nitrogens with one attached hydrogen (secondary N) is 1. The Labute approximate surface area is 164 Å². The van der Waals surface area contributed by atoms with Crippen molar-refractivity contribution in [1.82, 2.24) is 15.0 Å². The van der Waals surface area contributed by atoms with E-state index in [2.05, 4.69) is 20.3 Å². The molecule has 0 unspecified atom stereocenters. The lowest BCUT2D eigenvalue weighted by Crippen LogP contribution is -2.13. The molecular formula is C21H14N4O2S. The first-order valence-corrected chi connectivity index (χ1v) is 9.53. The van der Waals surface area contributed by atoms with Crippen LogP contribution < -0.4 is 10.1 Å². The molecule has 1 aliphatic rings. The molecule has 5 rings (SSSR count). The molecule has 0 fully saturated rings. The fourth-order valence-corrected chi connectivity index (χ4v) is 3.91. The second-order valence-electron chi connectivity index (χ2n) is 6.26. The number of hydrogen-bond donors (Lipinski definition) is 1. The van der Waals surface area contributed by atoms with E-state index in [1.54, 1.807) is 24.0 Å². The maximum absolute atomic E-state index is 12.6. The molecule has 3 aromatic heterocycles. The van der Waals surface area contributed by atoms with Crippen molar-refractivity contribution in [3.63, 3.8) is 0 Å². The van der Waals surface area contributed by atoms with Crippen LogP contribution in [-0.2, 0) is 6.61 Å². The lowest BCUT2D eigenvalue weighted by molar-refractivity contribution is 0.102. The van der Waals surface area contributed by atoms with Crippen molar-refractivity contribution in [2.45, 2.75) is 6.61 Å². The van der Waals surface area contributed by atoms with Gasteiger partial charge in [0.1, 0.15) is 23.1 Å². The number of ether oxygens (including phenoxy) is 1. The zero-order valence-electron chi connectivity index (χ0n) is 14.6. The fourth-order valence-electron chi connectivity index (χ4n) is 3.10. The van der Waals surface area contributed by atoms with E-state index in [0.29, 0.717) is 18.0 Å². The van der Waals surface area contributed by atoms with Gasteiger partial charge in [-0.25, -0.2) is 4.98 Å². The van der Waals surface area contributed by atoms with Crippen LogP contribution in [0.4, 0.5) is 5.69 Å². The molecule has 0 bridgehead atoms. The number of carbonyl (C=O) groups excluding carboxylic acids is 1. The minimum absolute atomic E-state index is 0.253. The Bertz CT molecular complexity index is 1170. The summed E-state index contributed by atoms with van der Waals surface area (Å²) in [5, 5.41) is 5.43. The maximum Gasteiger partial charge on any atom is 0.275 e. The van der Waals surface area contributed by atoms with Crippen molar-refractivity contribution < 1.29 is 9.53 Å². The van der Waals surface area contributed by atoms with Gasteiger partial charge in [-0.1, -0.05) is 0 Å². The Hall–Kier alpha value is -3.58. The van der Waals surface area contributed by atoms with Crippen LogP contribution in [0.15, 0.2) is 66.6 Å². The summed E-state index contributed by atoms with van der Waals surface area (Å²) < 4.78 is 5.83. The first-order chi connectivity index (χ1) is 13.8. The minimum Gasteiger partial charge on any atom is -0.488 e. The van der Waals surface area contributed by atoms with Gasteiger partial charge in [0, 0.05) is 58.6 Å². The molecule has 136 valence electrons. The van der Waals surface area contributed by atoms with E-state index in [-0.39, 0.29) is 5.91 Å². The number of anilines is 1. The van der Waals surface area contributed by atoms with Crippen molar-refractivity contribution >= 4 is 22.9 Å². The van der Waals surface area contributed by atoms with Gasteiger partial charge >= 0.3 is 0 Å². The molecular weight excluding hydrogens is 372 g/mol. The Kier molecular flexibility index (Phi) is 4.06. The summed E-state index contributed by atoms with van der Waals surface area (Å²) in [6, 6.07) is 11.4. The number of rotatable bonds is 3. The number of nitrogens with zero attached hydrogens (tertiary/aromatic N) is 3. The molecule has 0 spiro atoms. The van der Waals surface area contributed by atoms with Crippen LogP contribution in [-0.4, -0.2) is 20.9 Å². The molecule has 28 heavy (non-hydrogen) atoms. The molecule has 0 saturated carbocycles. The summed E-state index contributed by atoms with van der Waals surface area (Å²) in [7, 11) is 0. The third-order valence-corrected chi connectivity index (χ3v) is 5.37. The highest BCUT2D eigenvalue weighted by atomic mass is 32.1. The highest BCUT2D eigenvalue weighted by Gasteiger charge is 2.18. The Balaban J connectivity index is 1.37. The van der Waals surface area contributed by atoms with E-state index in [9.17, 15) is 4.79 Å². The lowest BCUT2D eigenvalue weighted by Gasteiger charge is -2.21. The predicted octanol–water partition coefficient (Wildman–Crippen LogP) is 4.41. The highest BCUT2D eigenvalue weighted by Crippen LogP contribution is 2.38. The lowest BCUT2D eigenvalue weighted by atomic mass is 9.98. The normalized spacial score (nSPS) is 11.9. The van der Waals surface area contributed by atoms with Crippen molar-refractivity contribution in [1.29, 1.82) is 0 Å². The molecule has 6 nitrogen and oxygen atoms in total. The van der Waals surface area contributed by atoms with Gasteiger partial charge in [0.2, 0.25) is 0 Å². The average Bonchev–Trinajstić information content (AvgIpc) is 3.25. The number of aromatic nitrogens is 3. The number of fused-ring (bicyclic) bond motifs is 3. The molecule has 1 amide bonds. The summed E-state index contributed by atoms with van der Waals surface area (Å²) in [5.74, 6) is 0.490. The van der Waals surface area contributed by atoms with E-state index in [0.717, 1.165) is 33.0 Å². The Morgan fingerprint density at radius 3 is 2.79 bits per heavy atom. The van der Waals surface area contributed by atoms with Crippen LogP contribution in [0.2, 0.25) is 0 Å². The Morgan fingerprint density at radius 1 is 1.04 bits per heavy atom. The fraction of sp³-hybridized carbons (Fsp3) is 0.0476. The monoisotopic (exact) mass is 386 g/mol. The summed E-state index contributed by atoms with van der Waals surface area (Å²) >= 11 is 1.43. The third kappa shape index (κ3) is 3.01. The molecule has 1 N–H and O–H groups in total. The number of pyridine rings is 2. The van der Waals surface area contributed by atoms with Gasteiger partial charge in [0.15, 0.2) is 0 Å². The zero-order chi connectivity index (χ0) is 18.9. The van der Waals surface area contributed by atoms with E-state index in [1.807, 2.05) is 42.6 Å². The third-order valence-electron chi connectivity index (χ3n) is 4.48.